The average molecular weight is 548 g/mol. The van der Waals surface area contributed by atoms with E-state index >= 15 is 0 Å². The van der Waals surface area contributed by atoms with Crippen LogP contribution in [-0.4, -0.2) is 63.5 Å². The van der Waals surface area contributed by atoms with Gasteiger partial charge in [-0.05, 0) is 80.3 Å². The molecule has 1 aliphatic rings. The maximum atomic E-state index is 12.4. The molecule has 0 bridgehead atoms. The van der Waals surface area contributed by atoms with E-state index in [4.69, 9.17) is 23.7 Å². The maximum absolute atomic E-state index is 12.4. The Morgan fingerprint density at radius 3 is 1.50 bits per heavy atom. The van der Waals surface area contributed by atoms with Gasteiger partial charge in [-0.2, -0.15) is 0 Å². The first-order valence-electron chi connectivity index (χ1n) is 13.7. The summed E-state index contributed by atoms with van der Waals surface area (Å²) in [5, 5.41) is 0. The van der Waals surface area contributed by atoms with Crippen LogP contribution in [0.2, 0.25) is 0 Å². The minimum atomic E-state index is -0.906. The molecular formula is C33H41NO6. The maximum Gasteiger partial charge on any atom is 0.307 e. The highest BCUT2D eigenvalue weighted by Gasteiger charge is 2.39. The summed E-state index contributed by atoms with van der Waals surface area (Å²) >= 11 is 0. The zero-order valence-electron chi connectivity index (χ0n) is 24.4. The summed E-state index contributed by atoms with van der Waals surface area (Å²) in [6, 6.07) is 24.1. The molecule has 214 valence electrons. The molecule has 1 heterocycles. The van der Waals surface area contributed by atoms with E-state index in [1.807, 2.05) is 93.6 Å². The Hall–Kier alpha value is -3.55. The van der Waals surface area contributed by atoms with Crippen molar-refractivity contribution in [2.75, 3.05) is 41.0 Å². The topological polar surface area (TPSA) is 66.5 Å². The molecule has 40 heavy (non-hydrogen) atoms. The van der Waals surface area contributed by atoms with E-state index in [1.54, 1.807) is 21.3 Å². The van der Waals surface area contributed by atoms with Gasteiger partial charge in [0.05, 0.1) is 34.4 Å². The van der Waals surface area contributed by atoms with Crippen LogP contribution in [0.25, 0.3) is 0 Å². The Labute approximate surface area is 238 Å². The van der Waals surface area contributed by atoms with Crippen LogP contribution in [0.15, 0.2) is 72.8 Å². The number of hydrogen-bond acceptors (Lipinski definition) is 7. The number of hydrogen-bond donors (Lipinski definition) is 0. The Morgan fingerprint density at radius 2 is 1.18 bits per heavy atom. The average Bonchev–Trinajstić information content (AvgIpc) is 2.95. The third-order valence-corrected chi connectivity index (χ3v) is 7.27. The summed E-state index contributed by atoms with van der Waals surface area (Å²) in [5.74, 6) is 2.15. The van der Waals surface area contributed by atoms with Crippen LogP contribution in [0.1, 0.15) is 50.3 Å². The summed E-state index contributed by atoms with van der Waals surface area (Å²) < 4.78 is 28.9. The smallest absolute Gasteiger partial charge is 0.307 e. The molecule has 0 saturated carbocycles. The second-order valence-corrected chi connectivity index (χ2v) is 11.0. The Balaban J connectivity index is 1.65. The Kier molecular flexibility index (Phi) is 9.38. The molecule has 7 heteroatoms. The van der Waals surface area contributed by atoms with Crippen molar-refractivity contribution >= 4 is 5.97 Å². The SMILES string of the molecule is COc1ccc(C(OCCN2CCC2CC(=O)OC(C)(C)C)(c2ccc(OC)cc2)c2ccc(OC)cc2)cc1. The fraction of sp³-hybridized carbons (Fsp3) is 0.424. The van der Waals surface area contributed by atoms with Crippen molar-refractivity contribution in [3.8, 4) is 17.2 Å². The van der Waals surface area contributed by atoms with Crippen molar-refractivity contribution in [2.45, 2.75) is 50.9 Å². The molecule has 1 unspecified atom stereocenters. The first kappa shape index (κ1) is 29.4. The van der Waals surface area contributed by atoms with E-state index in [1.165, 1.54) is 0 Å². The van der Waals surface area contributed by atoms with Gasteiger partial charge < -0.3 is 23.7 Å². The van der Waals surface area contributed by atoms with Gasteiger partial charge in [0.15, 0.2) is 0 Å². The van der Waals surface area contributed by atoms with Crippen LogP contribution >= 0.6 is 0 Å². The molecule has 3 aromatic rings. The molecule has 1 atom stereocenters. The molecule has 1 fully saturated rings. The number of carbonyl (C=O) groups excluding carboxylic acids is 1. The fourth-order valence-electron chi connectivity index (χ4n) is 5.14. The van der Waals surface area contributed by atoms with Gasteiger partial charge in [-0.15, -0.1) is 0 Å². The normalized spacial score (nSPS) is 15.7. The van der Waals surface area contributed by atoms with Crippen molar-refractivity contribution in [3.05, 3.63) is 89.5 Å². The van der Waals surface area contributed by atoms with Gasteiger partial charge >= 0.3 is 5.97 Å². The molecule has 0 aromatic heterocycles. The summed E-state index contributed by atoms with van der Waals surface area (Å²) in [7, 11) is 4.98. The zero-order valence-corrected chi connectivity index (χ0v) is 24.4. The van der Waals surface area contributed by atoms with Gasteiger partial charge in [0.25, 0.3) is 0 Å². The largest absolute Gasteiger partial charge is 0.497 e. The lowest BCUT2D eigenvalue weighted by Gasteiger charge is -2.42. The third kappa shape index (κ3) is 6.77. The number of rotatable bonds is 12. The lowest BCUT2D eigenvalue weighted by Crippen LogP contribution is -2.51. The molecule has 0 N–H and O–H groups in total. The predicted octanol–water partition coefficient (Wildman–Crippen LogP) is 5.83. The lowest BCUT2D eigenvalue weighted by molar-refractivity contribution is -0.157. The minimum Gasteiger partial charge on any atom is -0.497 e. The number of methoxy groups -OCH3 is 3. The first-order chi connectivity index (χ1) is 19.2. The predicted molar refractivity (Wildman–Crippen MR) is 155 cm³/mol. The van der Waals surface area contributed by atoms with Gasteiger partial charge in [0, 0.05) is 19.1 Å². The highest BCUT2D eigenvalue weighted by atomic mass is 16.6. The minimum absolute atomic E-state index is 0.160. The van der Waals surface area contributed by atoms with Gasteiger partial charge in [-0.3, -0.25) is 9.69 Å². The Bertz CT molecular complexity index is 1120. The van der Waals surface area contributed by atoms with Crippen molar-refractivity contribution in [1.29, 1.82) is 0 Å². The molecule has 4 rings (SSSR count). The summed E-state index contributed by atoms with van der Waals surface area (Å²) in [6.45, 7) is 7.77. The molecule has 0 aliphatic carbocycles. The molecule has 1 saturated heterocycles. The van der Waals surface area contributed by atoms with Crippen molar-refractivity contribution in [1.82, 2.24) is 4.90 Å². The van der Waals surface area contributed by atoms with E-state index in [0.717, 1.165) is 46.9 Å². The number of benzene rings is 3. The van der Waals surface area contributed by atoms with Crippen LogP contribution in [0.5, 0.6) is 17.2 Å². The number of esters is 1. The van der Waals surface area contributed by atoms with E-state index in [-0.39, 0.29) is 12.0 Å². The van der Waals surface area contributed by atoms with E-state index < -0.39 is 11.2 Å². The van der Waals surface area contributed by atoms with Crippen LogP contribution in [0.4, 0.5) is 0 Å². The molecular weight excluding hydrogens is 506 g/mol. The number of carbonyl (C=O) groups is 1. The van der Waals surface area contributed by atoms with Gasteiger partial charge in [0.2, 0.25) is 0 Å². The molecule has 0 spiro atoms. The zero-order chi connectivity index (χ0) is 28.8. The van der Waals surface area contributed by atoms with Crippen LogP contribution in [-0.2, 0) is 19.9 Å². The van der Waals surface area contributed by atoms with Crippen molar-refractivity contribution in [3.63, 3.8) is 0 Å². The van der Waals surface area contributed by atoms with Crippen molar-refractivity contribution < 1.29 is 28.5 Å². The summed E-state index contributed by atoms with van der Waals surface area (Å²) in [6.07, 6.45) is 1.36. The second kappa shape index (κ2) is 12.7. The quantitative estimate of drug-likeness (QED) is 0.209. The number of likely N-dealkylation sites (tertiary alicyclic amines) is 1. The molecule has 0 amide bonds. The number of ether oxygens (including phenoxy) is 5. The summed E-state index contributed by atoms with van der Waals surface area (Å²) in [5.41, 5.74) is 1.52. The van der Waals surface area contributed by atoms with Crippen LogP contribution in [0, 0.1) is 0 Å². The van der Waals surface area contributed by atoms with Crippen LogP contribution in [0.3, 0.4) is 0 Å². The summed E-state index contributed by atoms with van der Waals surface area (Å²) in [4.78, 5) is 14.7. The van der Waals surface area contributed by atoms with E-state index in [2.05, 4.69) is 4.90 Å². The molecule has 3 aromatic carbocycles. The Morgan fingerprint density at radius 1 is 0.750 bits per heavy atom. The van der Waals surface area contributed by atoms with Gasteiger partial charge in [0.1, 0.15) is 28.5 Å². The molecule has 7 nitrogen and oxygen atoms in total. The third-order valence-electron chi connectivity index (χ3n) is 7.27. The standard InChI is InChI=1S/C33H41NO6/c1-32(2,3)40-31(35)23-27-19-20-34(27)21-22-39-33(24-7-13-28(36-4)14-8-24,25-9-15-29(37-5)16-10-25)26-11-17-30(38-6)18-12-26/h7-18,27H,19-23H2,1-6H3. The van der Waals surface area contributed by atoms with E-state index in [0.29, 0.717) is 19.6 Å². The first-order valence-corrected chi connectivity index (χ1v) is 13.7. The van der Waals surface area contributed by atoms with Crippen molar-refractivity contribution in [2.24, 2.45) is 0 Å². The highest BCUT2D eigenvalue weighted by Crippen LogP contribution is 2.42. The van der Waals surface area contributed by atoms with E-state index in [9.17, 15) is 4.79 Å². The van der Waals surface area contributed by atoms with Crippen LogP contribution < -0.4 is 14.2 Å². The molecule has 0 radical (unpaired) electrons. The van der Waals surface area contributed by atoms with Gasteiger partial charge in [-0.1, -0.05) is 36.4 Å². The highest BCUT2D eigenvalue weighted by molar-refractivity contribution is 5.70. The fourth-order valence-corrected chi connectivity index (χ4v) is 5.14. The molecule has 1 aliphatic heterocycles. The number of nitrogens with zero attached hydrogens (tertiary/aromatic N) is 1. The second-order valence-electron chi connectivity index (χ2n) is 11.0. The monoisotopic (exact) mass is 547 g/mol. The van der Waals surface area contributed by atoms with Gasteiger partial charge in [-0.25, -0.2) is 0 Å². The lowest BCUT2D eigenvalue weighted by atomic mass is 9.80.